The average molecular weight is 359 g/mol. The molecule has 0 aliphatic carbocycles. The third kappa shape index (κ3) is 5.48. The fourth-order valence-corrected chi connectivity index (χ4v) is 3.05. The summed E-state index contributed by atoms with van der Waals surface area (Å²) in [5.41, 5.74) is 1.36. The van der Waals surface area contributed by atoms with Crippen LogP contribution in [0.1, 0.15) is 5.56 Å². The SMILES string of the molecule is O=C(COc1ccc(Cl)cc1)N1CCN(CCc2ccccc2)CC1. The highest BCUT2D eigenvalue weighted by molar-refractivity contribution is 6.30. The molecule has 0 radical (unpaired) electrons. The monoisotopic (exact) mass is 358 g/mol. The summed E-state index contributed by atoms with van der Waals surface area (Å²) in [6.07, 6.45) is 1.05. The van der Waals surface area contributed by atoms with Gasteiger partial charge < -0.3 is 9.64 Å². The van der Waals surface area contributed by atoms with Crippen molar-refractivity contribution in [2.45, 2.75) is 6.42 Å². The van der Waals surface area contributed by atoms with Crippen LogP contribution in [-0.2, 0) is 11.2 Å². The van der Waals surface area contributed by atoms with E-state index >= 15 is 0 Å². The third-order valence-electron chi connectivity index (χ3n) is 4.46. The molecule has 1 amide bonds. The van der Waals surface area contributed by atoms with Crippen molar-refractivity contribution in [1.82, 2.24) is 9.80 Å². The number of nitrogens with zero attached hydrogens (tertiary/aromatic N) is 2. The fourth-order valence-electron chi connectivity index (χ4n) is 2.92. The van der Waals surface area contributed by atoms with Crippen molar-refractivity contribution in [2.24, 2.45) is 0 Å². The Labute approximate surface area is 154 Å². The highest BCUT2D eigenvalue weighted by atomic mass is 35.5. The van der Waals surface area contributed by atoms with Crippen LogP contribution >= 0.6 is 11.6 Å². The van der Waals surface area contributed by atoms with Crippen LogP contribution in [0.15, 0.2) is 54.6 Å². The van der Waals surface area contributed by atoms with Gasteiger partial charge in [-0.15, -0.1) is 0 Å². The van der Waals surface area contributed by atoms with Crippen molar-refractivity contribution in [1.29, 1.82) is 0 Å². The van der Waals surface area contributed by atoms with Gasteiger partial charge in [-0.1, -0.05) is 41.9 Å². The summed E-state index contributed by atoms with van der Waals surface area (Å²) >= 11 is 5.84. The number of hydrogen-bond donors (Lipinski definition) is 0. The van der Waals surface area contributed by atoms with Crippen LogP contribution in [-0.4, -0.2) is 55.0 Å². The van der Waals surface area contributed by atoms with Crippen LogP contribution < -0.4 is 4.74 Å². The molecule has 5 heteroatoms. The Hall–Kier alpha value is -2.04. The van der Waals surface area contributed by atoms with E-state index in [4.69, 9.17) is 16.3 Å². The second-order valence-corrected chi connectivity index (χ2v) is 6.64. The predicted molar refractivity (Wildman–Crippen MR) is 100 cm³/mol. The molecule has 1 heterocycles. The molecule has 0 aromatic heterocycles. The zero-order valence-electron chi connectivity index (χ0n) is 14.2. The minimum atomic E-state index is 0.0395. The van der Waals surface area contributed by atoms with Gasteiger partial charge in [-0.2, -0.15) is 0 Å². The molecule has 4 nitrogen and oxygen atoms in total. The van der Waals surface area contributed by atoms with E-state index < -0.39 is 0 Å². The molecule has 3 rings (SSSR count). The number of ether oxygens (including phenoxy) is 1. The van der Waals surface area contributed by atoms with Gasteiger partial charge in [0.2, 0.25) is 0 Å². The highest BCUT2D eigenvalue weighted by Crippen LogP contribution is 2.15. The lowest BCUT2D eigenvalue weighted by Gasteiger charge is -2.34. The number of benzene rings is 2. The van der Waals surface area contributed by atoms with Gasteiger partial charge in [-0.05, 0) is 36.2 Å². The van der Waals surface area contributed by atoms with E-state index in [-0.39, 0.29) is 12.5 Å². The van der Waals surface area contributed by atoms with Crippen LogP contribution in [0, 0.1) is 0 Å². The lowest BCUT2D eigenvalue weighted by Crippen LogP contribution is -2.50. The van der Waals surface area contributed by atoms with E-state index in [2.05, 4.69) is 29.2 Å². The number of rotatable bonds is 6. The largest absolute Gasteiger partial charge is 0.484 e. The van der Waals surface area contributed by atoms with Gasteiger partial charge in [0.25, 0.3) is 5.91 Å². The van der Waals surface area contributed by atoms with Gasteiger partial charge in [0.1, 0.15) is 5.75 Å². The number of carbonyl (C=O) groups is 1. The Bertz CT molecular complexity index is 668. The van der Waals surface area contributed by atoms with Crippen molar-refractivity contribution in [3.05, 3.63) is 65.2 Å². The van der Waals surface area contributed by atoms with Crippen LogP contribution in [0.5, 0.6) is 5.75 Å². The first-order chi connectivity index (χ1) is 12.2. The standard InChI is InChI=1S/C20H23ClN2O2/c21-18-6-8-19(9-7-18)25-16-20(24)23-14-12-22(13-15-23)11-10-17-4-2-1-3-5-17/h1-9H,10-16H2. The molecule has 132 valence electrons. The summed E-state index contributed by atoms with van der Waals surface area (Å²) in [6.45, 7) is 4.47. The summed E-state index contributed by atoms with van der Waals surface area (Å²) in [5.74, 6) is 0.705. The molecule has 1 aliphatic heterocycles. The number of carbonyl (C=O) groups excluding carboxylic acids is 1. The molecule has 0 unspecified atom stereocenters. The van der Waals surface area contributed by atoms with E-state index in [9.17, 15) is 4.79 Å². The second-order valence-electron chi connectivity index (χ2n) is 6.20. The molecule has 0 atom stereocenters. The van der Waals surface area contributed by atoms with E-state index in [1.807, 2.05) is 11.0 Å². The van der Waals surface area contributed by atoms with Gasteiger partial charge in [-0.3, -0.25) is 9.69 Å². The van der Waals surface area contributed by atoms with Crippen molar-refractivity contribution in [3.8, 4) is 5.75 Å². The normalized spacial score (nSPS) is 15.2. The van der Waals surface area contributed by atoms with Crippen LogP contribution in [0.2, 0.25) is 5.02 Å². The Morgan fingerprint density at radius 3 is 2.32 bits per heavy atom. The van der Waals surface area contributed by atoms with Crippen molar-refractivity contribution < 1.29 is 9.53 Å². The van der Waals surface area contributed by atoms with Gasteiger partial charge in [0.05, 0.1) is 0 Å². The molecule has 0 spiro atoms. The number of halogens is 1. The number of hydrogen-bond acceptors (Lipinski definition) is 3. The van der Waals surface area contributed by atoms with Crippen molar-refractivity contribution in [2.75, 3.05) is 39.3 Å². The summed E-state index contributed by atoms with van der Waals surface area (Å²) in [4.78, 5) is 16.6. The van der Waals surface area contributed by atoms with Crippen LogP contribution in [0.3, 0.4) is 0 Å². The summed E-state index contributed by atoms with van der Waals surface area (Å²) in [5, 5.41) is 0.658. The number of amides is 1. The lowest BCUT2D eigenvalue weighted by atomic mass is 10.1. The first-order valence-corrected chi connectivity index (χ1v) is 9.01. The predicted octanol–water partition coefficient (Wildman–Crippen LogP) is 3.11. The van der Waals surface area contributed by atoms with Gasteiger partial charge in [0, 0.05) is 37.7 Å². The quantitative estimate of drug-likeness (QED) is 0.795. The zero-order valence-corrected chi connectivity index (χ0v) is 15.0. The molecular formula is C20H23ClN2O2. The van der Waals surface area contributed by atoms with Gasteiger partial charge >= 0.3 is 0 Å². The smallest absolute Gasteiger partial charge is 0.260 e. The Morgan fingerprint density at radius 1 is 0.960 bits per heavy atom. The van der Waals surface area contributed by atoms with E-state index in [0.29, 0.717) is 10.8 Å². The molecule has 2 aromatic rings. The molecule has 25 heavy (non-hydrogen) atoms. The first-order valence-electron chi connectivity index (χ1n) is 8.63. The Morgan fingerprint density at radius 2 is 1.64 bits per heavy atom. The van der Waals surface area contributed by atoms with Gasteiger partial charge in [0.15, 0.2) is 6.61 Å². The molecule has 1 fully saturated rings. The minimum absolute atomic E-state index is 0.0395. The van der Waals surface area contributed by atoms with Crippen LogP contribution in [0.4, 0.5) is 0 Å². The summed E-state index contributed by atoms with van der Waals surface area (Å²) in [7, 11) is 0. The topological polar surface area (TPSA) is 32.8 Å². The highest BCUT2D eigenvalue weighted by Gasteiger charge is 2.21. The van der Waals surface area contributed by atoms with E-state index in [0.717, 1.165) is 39.1 Å². The lowest BCUT2D eigenvalue weighted by molar-refractivity contribution is -0.135. The fraction of sp³-hybridized carbons (Fsp3) is 0.350. The van der Waals surface area contributed by atoms with Crippen molar-refractivity contribution >= 4 is 17.5 Å². The molecule has 2 aromatic carbocycles. The average Bonchev–Trinajstić information content (AvgIpc) is 2.67. The maximum atomic E-state index is 12.3. The zero-order chi connectivity index (χ0) is 17.5. The van der Waals surface area contributed by atoms with E-state index in [1.54, 1.807) is 24.3 Å². The number of piperazine rings is 1. The molecule has 1 aliphatic rings. The Kier molecular flexibility index (Phi) is 6.31. The van der Waals surface area contributed by atoms with Crippen molar-refractivity contribution in [3.63, 3.8) is 0 Å². The maximum absolute atomic E-state index is 12.3. The molecule has 0 saturated carbocycles. The summed E-state index contributed by atoms with van der Waals surface area (Å²) in [6, 6.07) is 17.6. The molecule has 1 saturated heterocycles. The molecular weight excluding hydrogens is 336 g/mol. The Balaban J connectivity index is 1.38. The van der Waals surface area contributed by atoms with Crippen LogP contribution in [0.25, 0.3) is 0 Å². The second kappa shape index (κ2) is 8.88. The van der Waals surface area contributed by atoms with E-state index in [1.165, 1.54) is 5.56 Å². The molecule has 0 bridgehead atoms. The summed E-state index contributed by atoms with van der Waals surface area (Å²) < 4.78 is 5.54. The minimum Gasteiger partial charge on any atom is -0.484 e. The van der Waals surface area contributed by atoms with Gasteiger partial charge in [-0.25, -0.2) is 0 Å². The maximum Gasteiger partial charge on any atom is 0.260 e. The first kappa shape index (κ1) is 17.8. The third-order valence-corrected chi connectivity index (χ3v) is 4.71. The molecule has 0 N–H and O–H groups in total.